The fourth-order valence-corrected chi connectivity index (χ4v) is 4.52. The number of carboxylic acid groups (broad SMARTS) is 1. The SMILES string of the molecule is O=C(O)c1cc(Sc2ccccc2S(=O)(=O)C(F)F)cs1. The van der Waals surface area contributed by atoms with Crippen molar-refractivity contribution < 1.29 is 27.1 Å². The number of halogens is 2. The summed E-state index contributed by atoms with van der Waals surface area (Å²) in [5, 5.41) is 10.4. The summed E-state index contributed by atoms with van der Waals surface area (Å²) in [4.78, 5) is 11.0. The molecule has 1 aromatic heterocycles. The molecule has 0 aliphatic rings. The number of carboxylic acids is 1. The minimum absolute atomic E-state index is 0.0895. The molecule has 0 spiro atoms. The van der Waals surface area contributed by atoms with E-state index in [0.717, 1.165) is 29.2 Å². The number of aromatic carboxylic acids is 1. The number of thiophene rings is 1. The van der Waals surface area contributed by atoms with E-state index in [2.05, 4.69) is 0 Å². The molecule has 21 heavy (non-hydrogen) atoms. The summed E-state index contributed by atoms with van der Waals surface area (Å²) in [5.74, 6) is -4.60. The molecule has 0 fully saturated rings. The fraction of sp³-hybridized carbons (Fsp3) is 0.0833. The molecule has 0 aliphatic heterocycles. The van der Waals surface area contributed by atoms with Gasteiger partial charge in [0.05, 0.1) is 4.90 Å². The number of rotatable bonds is 5. The number of hydrogen-bond acceptors (Lipinski definition) is 5. The van der Waals surface area contributed by atoms with Crippen molar-refractivity contribution in [2.45, 2.75) is 20.4 Å². The Morgan fingerprint density at radius 1 is 1.29 bits per heavy atom. The lowest BCUT2D eigenvalue weighted by atomic mass is 10.4. The molecule has 9 heteroatoms. The predicted molar refractivity (Wildman–Crippen MR) is 75.0 cm³/mol. The molecule has 0 aliphatic carbocycles. The van der Waals surface area contributed by atoms with E-state index in [9.17, 15) is 22.0 Å². The highest BCUT2D eigenvalue weighted by atomic mass is 32.2. The number of hydrogen-bond donors (Lipinski definition) is 1. The molecule has 1 N–H and O–H groups in total. The van der Waals surface area contributed by atoms with Crippen LogP contribution in [0.15, 0.2) is 50.4 Å². The Balaban J connectivity index is 2.39. The lowest BCUT2D eigenvalue weighted by molar-refractivity contribution is 0.0702. The van der Waals surface area contributed by atoms with Gasteiger partial charge >= 0.3 is 11.7 Å². The summed E-state index contributed by atoms with van der Waals surface area (Å²) in [5.41, 5.74) is 0. The summed E-state index contributed by atoms with van der Waals surface area (Å²) in [6, 6.07) is 6.75. The lowest BCUT2D eigenvalue weighted by Gasteiger charge is -2.08. The van der Waals surface area contributed by atoms with E-state index in [4.69, 9.17) is 5.11 Å². The van der Waals surface area contributed by atoms with Gasteiger partial charge in [0.25, 0.3) is 0 Å². The molecule has 4 nitrogen and oxygen atoms in total. The Labute approximate surface area is 127 Å². The molecule has 2 rings (SSSR count). The third kappa shape index (κ3) is 3.42. The standard InChI is InChI=1S/C12H8F2O4S3/c13-12(14)21(17,18)10-4-2-1-3-8(10)20-7-5-9(11(15)16)19-6-7/h1-6,12H,(H,15,16). The van der Waals surface area contributed by atoms with Crippen LogP contribution in [0.1, 0.15) is 9.67 Å². The van der Waals surface area contributed by atoms with Gasteiger partial charge in [-0.05, 0) is 18.2 Å². The average Bonchev–Trinajstić information content (AvgIpc) is 2.87. The zero-order valence-electron chi connectivity index (χ0n) is 10.2. The molecule has 0 saturated carbocycles. The third-order valence-corrected chi connectivity index (χ3v) is 6.09. The fourth-order valence-electron chi connectivity index (χ4n) is 1.48. The Morgan fingerprint density at radius 2 is 1.95 bits per heavy atom. The number of sulfone groups is 1. The molecule has 0 unspecified atom stereocenters. The van der Waals surface area contributed by atoms with Crippen molar-refractivity contribution in [2.24, 2.45) is 0 Å². The van der Waals surface area contributed by atoms with Gasteiger partial charge in [-0.1, -0.05) is 23.9 Å². The van der Waals surface area contributed by atoms with Crippen LogP contribution >= 0.6 is 23.1 Å². The lowest BCUT2D eigenvalue weighted by Crippen LogP contribution is -2.12. The second-order valence-electron chi connectivity index (χ2n) is 3.81. The minimum Gasteiger partial charge on any atom is -0.477 e. The van der Waals surface area contributed by atoms with Crippen LogP contribution < -0.4 is 0 Å². The highest BCUT2D eigenvalue weighted by Gasteiger charge is 2.29. The first-order chi connectivity index (χ1) is 9.82. The van der Waals surface area contributed by atoms with Crippen LogP contribution in [0.4, 0.5) is 8.78 Å². The summed E-state index contributed by atoms with van der Waals surface area (Å²) < 4.78 is 48.5. The van der Waals surface area contributed by atoms with Crippen molar-refractivity contribution in [2.75, 3.05) is 0 Å². The second-order valence-corrected chi connectivity index (χ2v) is 7.72. The average molecular weight is 350 g/mol. The van der Waals surface area contributed by atoms with Gasteiger partial charge in [-0.2, -0.15) is 8.78 Å². The largest absolute Gasteiger partial charge is 0.477 e. The van der Waals surface area contributed by atoms with Crippen molar-refractivity contribution in [1.29, 1.82) is 0 Å². The van der Waals surface area contributed by atoms with E-state index in [-0.39, 0.29) is 9.77 Å². The molecule has 1 aromatic carbocycles. The number of alkyl halides is 2. The van der Waals surface area contributed by atoms with Crippen LogP contribution in [0.3, 0.4) is 0 Å². The summed E-state index contributed by atoms with van der Waals surface area (Å²) >= 11 is 1.91. The smallest absolute Gasteiger partial charge is 0.345 e. The Kier molecular flexibility index (Phi) is 4.64. The third-order valence-electron chi connectivity index (χ3n) is 2.40. The van der Waals surface area contributed by atoms with Gasteiger partial charge in [0.15, 0.2) is 0 Å². The maximum absolute atomic E-state index is 12.7. The van der Waals surface area contributed by atoms with Crippen LogP contribution in [-0.4, -0.2) is 25.3 Å². The molecule has 2 aromatic rings. The number of benzene rings is 1. The van der Waals surface area contributed by atoms with Crippen LogP contribution in [0.5, 0.6) is 0 Å². The first-order valence-corrected chi connectivity index (χ1v) is 8.67. The minimum atomic E-state index is -4.70. The molecular formula is C12H8F2O4S3. The molecule has 0 bridgehead atoms. The Bertz CT molecular complexity index is 768. The quantitative estimate of drug-likeness (QED) is 0.892. The van der Waals surface area contributed by atoms with E-state index >= 15 is 0 Å². The van der Waals surface area contributed by atoms with Gasteiger partial charge < -0.3 is 5.11 Å². The highest BCUT2D eigenvalue weighted by molar-refractivity contribution is 8.00. The summed E-state index contributed by atoms with van der Waals surface area (Å²) in [6.07, 6.45) is 0. The topological polar surface area (TPSA) is 71.4 Å². The molecule has 112 valence electrons. The van der Waals surface area contributed by atoms with Crippen LogP contribution in [0.2, 0.25) is 0 Å². The van der Waals surface area contributed by atoms with Crippen molar-refractivity contribution in [1.82, 2.24) is 0 Å². The molecule has 0 atom stereocenters. The first-order valence-electron chi connectivity index (χ1n) is 5.43. The van der Waals surface area contributed by atoms with Crippen molar-refractivity contribution in [3.8, 4) is 0 Å². The second kappa shape index (κ2) is 6.12. The Hall–Kier alpha value is -1.45. The van der Waals surface area contributed by atoms with Gasteiger partial charge in [0.1, 0.15) is 4.88 Å². The maximum Gasteiger partial charge on any atom is 0.345 e. The van der Waals surface area contributed by atoms with Gasteiger partial charge in [-0.3, -0.25) is 0 Å². The van der Waals surface area contributed by atoms with Gasteiger partial charge in [-0.25, -0.2) is 13.2 Å². The zero-order chi connectivity index (χ0) is 15.6. The number of carbonyl (C=O) groups is 1. The normalized spacial score (nSPS) is 11.8. The zero-order valence-corrected chi connectivity index (χ0v) is 12.6. The van der Waals surface area contributed by atoms with E-state index in [1.165, 1.54) is 29.6 Å². The van der Waals surface area contributed by atoms with Crippen molar-refractivity contribution >= 4 is 38.9 Å². The van der Waals surface area contributed by atoms with Crippen LogP contribution in [0, 0.1) is 0 Å². The summed E-state index contributed by atoms with van der Waals surface area (Å²) in [6.45, 7) is 0. The van der Waals surface area contributed by atoms with E-state index in [1.807, 2.05) is 0 Å². The Morgan fingerprint density at radius 3 is 2.52 bits per heavy atom. The summed E-state index contributed by atoms with van der Waals surface area (Å²) in [7, 11) is -4.70. The van der Waals surface area contributed by atoms with Crippen molar-refractivity contribution in [3.05, 3.63) is 40.6 Å². The molecular weight excluding hydrogens is 342 g/mol. The van der Waals surface area contributed by atoms with E-state index in [1.54, 1.807) is 0 Å². The van der Waals surface area contributed by atoms with Gasteiger partial charge in [-0.15, -0.1) is 11.3 Å². The maximum atomic E-state index is 12.7. The highest BCUT2D eigenvalue weighted by Crippen LogP contribution is 2.36. The van der Waals surface area contributed by atoms with Gasteiger partial charge in [0.2, 0.25) is 9.84 Å². The molecule has 0 amide bonds. The molecule has 0 saturated heterocycles. The van der Waals surface area contributed by atoms with E-state index in [0.29, 0.717) is 4.90 Å². The molecule has 1 heterocycles. The van der Waals surface area contributed by atoms with Gasteiger partial charge in [0, 0.05) is 15.2 Å². The van der Waals surface area contributed by atoms with Crippen LogP contribution in [-0.2, 0) is 9.84 Å². The van der Waals surface area contributed by atoms with Crippen LogP contribution in [0.25, 0.3) is 0 Å². The first kappa shape index (κ1) is 15.9. The monoisotopic (exact) mass is 350 g/mol. The predicted octanol–water partition coefficient (Wildman–Crippen LogP) is 3.59. The van der Waals surface area contributed by atoms with E-state index < -0.39 is 26.5 Å². The molecule has 0 radical (unpaired) electrons. The van der Waals surface area contributed by atoms with Crippen molar-refractivity contribution in [3.63, 3.8) is 0 Å².